The molecule has 0 saturated heterocycles. The molecule has 4 aromatic rings. The first-order chi connectivity index (χ1) is 21.3. The number of aromatic nitrogens is 3. The van der Waals surface area contributed by atoms with Crippen molar-refractivity contribution in [1.82, 2.24) is 14.8 Å². The number of nitrogens with zero attached hydrogens (tertiary/aromatic N) is 3. The molecule has 1 amide bonds. The van der Waals surface area contributed by atoms with Gasteiger partial charge in [0.05, 0.1) is 23.8 Å². The molecule has 1 atom stereocenters. The number of unbranched alkanes of at least 4 members (excludes halogenated alkanes) is 2. The summed E-state index contributed by atoms with van der Waals surface area (Å²) in [6.45, 7) is 6.61. The van der Waals surface area contributed by atoms with Crippen LogP contribution in [0.25, 0.3) is 0 Å². The lowest BCUT2D eigenvalue weighted by Gasteiger charge is -2.29. The van der Waals surface area contributed by atoms with Crippen LogP contribution in [0.5, 0.6) is 11.5 Å². The highest BCUT2D eigenvalue weighted by Gasteiger charge is 2.35. The van der Waals surface area contributed by atoms with E-state index in [2.05, 4.69) is 33.5 Å². The van der Waals surface area contributed by atoms with E-state index in [1.54, 1.807) is 11.8 Å². The van der Waals surface area contributed by atoms with Gasteiger partial charge in [-0.15, -0.1) is 5.10 Å². The normalized spacial score (nSPS) is 14.2. The van der Waals surface area contributed by atoms with E-state index >= 15 is 0 Å². The number of hydrogen-bond donors (Lipinski definition) is 2. The SMILES string of the molecule is CCCCCOc1c(Br)cc(C2C(C(=O)Nc3cccc(C)c3)=C(C)Nc3nc(SCc4ccccc4Cl)nn32)cc1OC. The van der Waals surface area contributed by atoms with Crippen LogP contribution >= 0.6 is 39.3 Å². The van der Waals surface area contributed by atoms with Crippen LogP contribution in [0.2, 0.25) is 5.02 Å². The van der Waals surface area contributed by atoms with Crippen LogP contribution in [0.1, 0.15) is 55.8 Å². The van der Waals surface area contributed by atoms with E-state index < -0.39 is 6.04 Å². The topological polar surface area (TPSA) is 90.3 Å². The first-order valence-corrected chi connectivity index (χ1v) is 16.6. The van der Waals surface area contributed by atoms with Crippen molar-refractivity contribution in [2.45, 2.75) is 57.0 Å². The van der Waals surface area contributed by atoms with Gasteiger partial charge in [0.25, 0.3) is 5.91 Å². The maximum absolute atomic E-state index is 14.0. The Kier molecular flexibility index (Phi) is 10.6. The molecule has 1 aliphatic rings. The van der Waals surface area contributed by atoms with E-state index in [0.717, 1.165) is 40.4 Å². The van der Waals surface area contributed by atoms with Crippen molar-refractivity contribution >= 4 is 56.8 Å². The lowest BCUT2D eigenvalue weighted by molar-refractivity contribution is -0.113. The fourth-order valence-corrected chi connectivity index (χ4v) is 6.73. The average molecular weight is 697 g/mol. The summed E-state index contributed by atoms with van der Waals surface area (Å²) in [6, 6.07) is 18.7. The van der Waals surface area contributed by atoms with E-state index in [1.807, 2.05) is 74.5 Å². The van der Waals surface area contributed by atoms with Crippen molar-refractivity contribution in [3.8, 4) is 11.5 Å². The van der Waals surface area contributed by atoms with Gasteiger partial charge in [0, 0.05) is 22.2 Å². The second kappa shape index (κ2) is 14.5. The molecule has 44 heavy (non-hydrogen) atoms. The summed E-state index contributed by atoms with van der Waals surface area (Å²) in [5, 5.41) is 12.5. The molecule has 3 aromatic carbocycles. The molecule has 5 rings (SSSR count). The molecule has 0 spiro atoms. The molecule has 230 valence electrons. The van der Waals surface area contributed by atoms with Crippen LogP contribution in [0.3, 0.4) is 0 Å². The number of allylic oxidation sites excluding steroid dienone is 1. The van der Waals surface area contributed by atoms with Crippen molar-refractivity contribution < 1.29 is 14.3 Å². The maximum Gasteiger partial charge on any atom is 0.255 e. The standard InChI is InChI=1S/C33H35BrClN5O3S/c1-5-6-9-15-43-30-25(34)17-23(18-27(30)42-4)29-28(31(41)37-24-13-10-11-20(2)16-24)21(3)36-32-38-33(39-40(29)32)44-19-22-12-7-8-14-26(22)35/h7-8,10-14,16-18,29H,5-6,9,15,19H2,1-4H3,(H,37,41)(H,36,38,39). The van der Waals surface area contributed by atoms with E-state index in [1.165, 1.54) is 11.8 Å². The molecule has 8 nitrogen and oxygen atoms in total. The summed E-state index contributed by atoms with van der Waals surface area (Å²) in [5.74, 6) is 2.09. The zero-order chi connectivity index (χ0) is 31.2. The quantitative estimate of drug-likeness (QED) is 0.113. The number of aryl methyl sites for hydroxylation is 1. The van der Waals surface area contributed by atoms with Gasteiger partial charge in [0.15, 0.2) is 11.5 Å². The Balaban J connectivity index is 1.53. The molecule has 2 heterocycles. The number of benzene rings is 3. The number of nitrogens with one attached hydrogen (secondary N) is 2. The minimum absolute atomic E-state index is 0.244. The number of ether oxygens (including phenoxy) is 2. The zero-order valence-corrected chi connectivity index (χ0v) is 28.3. The van der Waals surface area contributed by atoms with E-state index in [-0.39, 0.29) is 5.91 Å². The third kappa shape index (κ3) is 7.25. The smallest absolute Gasteiger partial charge is 0.255 e. The number of halogens is 2. The van der Waals surface area contributed by atoms with Gasteiger partial charge in [0.1, 0.15) is 6.04 Å². The van der Waals surface area contributed by atoms with Gasteiger partial charge in [-0.05, 0) is 83.2 Å². The first-order valence-electron chi connectivity index (χ1n) is 14.5. The maximum atomic E-state index is 14.0. The monoisotopic (exact) mass is 695 g/mol. The predicted molar refractivity (Wildman–Crippen MR) is 181 cm³/mol. The predicted octanol–water partition coefficient (Wildman–Crippen LogP) is 8.80. The summed E-state index contributed by atoms with van der Waals surface area (Å²) in [5.41, 5.74) is 4.73. The van der Waals surface area contributed by atoms with Crippen LogP contribution in [0.15, 0.2) is 81.6 Å². The van der Waals surface area contributed by atoms with Crippen LogP contribution in [-0.2, 0) is 10.5 Å². The fourth-order valence-electron chi connectivity index (χ4n) is 5.04. The molecule has 0 aliphatic carbocycles. The first kappa shape index (κ1) is 31.9. The Morgan fingerprint density at radius 3 is 2.70 bits per heavy atom. The average Bonchev–Trinajstić information content (AvgIpc) is 3.40. The molecule has 0 saturated carbocycles. The number of hydrogen-bond acceptors (Lipinski definition) is 7. The highest BCUT2D eigenvalue weighted by molar-refractivity contribution is 9.10. The van der Waals surface area contributed by atoms with Crippen molar-refractivity contribution in [3.63, 3.8) is 0 Å². The number of carbonyl (C=O) groups is 1. The number of amides is 1. The zero-order valence-electron chi connectivity index (χ0n) is 25.1. The number of anilines is 2. The van der Waals surface area contributed by atoms with E-state index in [9.17, 15) is 4.79 Å². The highest BCUT2D eigenvalue weighted by atomic mass is 79.9. The van der Waals surface area contributed by atoms with E-state index in [4.69, 9.17) is 31.2 Å². The second-order valence-electron chi connectivity index (χ2n) is 10.5. The molecule has 11 heteroatoms. The van der Waals surface area contributed by atoms with Crippen molar-refractivity contribution in [1.29, 1.82) is 0 Å². The Bertz CT molecular complexity index is 1690. The highest BCUT2D eigenvalue weighted by Crippen LogP contribution is 2.43. The Morgan fingerprint density at radius 1 is 1.14 bits per heavy atom. The number of fused-ring (bicyclic) bond motifs is 1. The van der Waals surface area contributed by atoms with Gasteiger partial charge in [-0.3, -0.25) is 4.79 Å². The van der Waals surface area contributed by atoms with Gasteiger partial charge in [-0.25, -0.2) is 4.68 Å². The van der Waals surface area contributed by atoms with Gasteiger partial charge in [-0.2, -0.15) is 4.98 Å². The molecular formula is C33H35BrClN5O3S. The lowest BCUT2D eigenvalue weighted by atomic mass is 9.94. The second-order valence-corrected chi connectivity index (χ2v) is 12.7. The molecule has 0 fully saturated rings. The van der Waals surface area contributed by atoms with Gasteiger partial charge >= 0.3 is 0 Å². The molecular weight excluding hydrogens is 662 g/mol. The number of thioether (sulfide) groups is 1. The molecule has 1 unspecified atom stereocenters. The molecule has 0 bridgehead atoms. The fraction of sp³-hybridized carbons (Fsp3) is 0.303. The Labute approximate surface area is 275 Å². The largest absolute Gasteiger partial charge is 0.493 e. The number of rotatable bonds is 12. The number of methoxy groups -OCH3 is 1. The Morgan fingerprint density at radius 2 is 1.95 bits per heavy atom. The van der Waals surface area contributed by atoms with Crippen LogP contribution in [0.4, 0.5) is 11.6 Å². The summed E-state index contributed by atoms with van der Waals surface area (Å²) in [4.78, 5) is 18.8. The van der Waals surface area contributed by atoms with Crippen LogP contribution in [-0.4, -0.2) is 34.4 Å². The molecule has 2 N–H and O–H groups in total. The van der Waals surface area contributed by atoms with Crippen LogP contribution < -0.4 is 20.1 Å². The third-order valence-electron chi connectivity index (χ3n) is 7.23. The molecule has 1 aliphatic heterocycles. The Hall–Kier alpha value is -3.47. The van der Waals surface area contributed by atoms with Gasteiger partial charge < -0.3 is 20.1 Å². The summed E-state index contributed by atoms with van der Waals surface area (Å²) >= 11 is 11.6. The lowest BCUT2D eigenvalue weighted by Crippen LogP contribution is -2.31. The van der Waals surface area contributed by atoms with Gasteiger partial charge in [-0.1, -0.05) is 73.5 Å². The molecule has 0 radical (unpaired) electrons. The third-order valence-corrected chi connectivity index (χ3v) is 9.07. The van der Waals surface area contributed by atoms with Crippen LogP contribution in [0, 0.1) is 6.92 Å². The summed E-state index contributed by atoms with van der Waals surface area (Å²) < 4.78 is 14.4. The summed E-state index contributed by atoms with van der Waals surface area (Å²) in [6.07, 6.45) is 3.14. The van der Waals surface area contributed by atoms with Crippen molar-refractivity contribution in [3.05, 3.63) is 98.1 Å². The number of carbonyl (C=O) groups excluding carboxylic acids is 1. The van der Waals surface area contributed by atoms with Gasteiger partial charge in [0.2, 0.25) is 11.1 Å². The molecule has 1 aromatic heterocycles. The minimum Gasteiger partial charge on any atom is -0.493 e. The van der Waals surface area contributed by atoms with Crippen molar-refractivity contribution in [2.24, 2.45) is 0 Å². The van der Waals surface area contributed by atoms with Crippen molar-refractivity contribution in [2.75, 3.05) is 24.4 Å². The minimum atomic E-state index is -0.599. The van der Waals surface area contributed by atoms with E-state index in [0.29, 0.717) is 56.9 Å². The summed E-state index contributed by atoms with van der Waals surface area (Å²) in [7, 11) is 1.61.